The zero-order chi connectivity index (χ0) is 13.8. The molecule has 0 radical (unpaired) electrons. The second-order valence-corrected chi connectivity index (χ2v) is 4.93. The van der Waals surface area contributed by atoms with Gasteiger partial charge in [0.2, 0.25) is 5.88 Å². The zero-order valence-electron chi connectivity index (χ0n) is 10.1. The van der Waals surface area contributed by atoms with Crippen LogP contribution < -0.4 is 10.1 Å². The third-order valence-electron chi connectivity index (χ3n) is 2.56. The van der Waals surface area contributed by atoms with Crippen molar-refractivity contribution in [2.45, 2.75) is 6.54 Å². The minimum absolute atomic E-state index is 0.431. The molecule has 0 amide bonds. The maximum atomic E-state index is 6.14. The molecule has 6 heteroatoms. The Hall–Kier alpha value is -1.16. The summed E-state index contributed by atoms with van der Waals surface area (Å²) in [7, 11) is 1.56. The molecule has 2 rings (SSSR count). The third-order valence-corrected chi connectivity index (χ3v) is 3.76. The maximum absolute atomic E-state index is 6.14. The predicted octanol–water partition coefficient (Wildman–Crippen LogP) is 4.66. The van der Waals surface area contributed by atoms with Crippen LogP contribution in [0.25, 0.3) is 0 Å². The van der Waals surface area contributed by atoms with Gasteiger partial charge in [-0.2, -0.15) is 0 Å². The lowest BCUT2D eigenvalue weighted by Gasteiger charge is -2.12. The van der Waals surface area contributed by atoms with Gasteiger partial charge in [0.05, 0.1) is 22.8 Å². The summed E-state index contributed by atoms with van der Waals surface area (Å²) in [6.45, 7) is 0.431. The number of rotatable bonds is 4. The lowest BCUT2D eigenvalue weighted by Crippen LogP contribution is -2.03. The summed E-state index contributed by atoms with van der Waals surface area (Å²) in [5.41, 5.74) is 1.50. The van der Waals surface area contributed by atoms with Crippen molar-refractivity contribution in [3.8, 4) is 5.88 Å². The van der Waals surface area contributed by atoms with Crippen molar-refractivity contribution < 1.29 is 4.74 Å². The van der Waals surface area contributed by atoms with Gasteiger partial charge in [0.25, 0.3) is 0 Å². The summed E-state index contributed by atoms with van der Waals surface area (Å²) in [5, 5.41) is 4.66. The largest absolute Gasteiger partial charge is 0.480 e. The smallest absolute Gasteiger partial charge is 0.237 e. The second-order valence-electron chi connectivity index (χ2n) is 3.74. The van der Waals surface area contributed by atoms with E-state index < -0.39 is 0 Å². The molecule has 0 aliphatic carbocycles. The molecule has 0 unspecified atom stereocenters. The van der Waals surface area contributed by atoms with E-state index in [-0.39, 0.29) is 0 Å². The molecule has 0 saturated heterocycles. The molecule has 1 N–H and O–H groups in total. The quantitative estimate of drug-likeness (QED) is 0.833. The number of pyridine rings is 1. The Bertz CT molecular complexity index is 590. The highest BCUT2D eigenvalue weighted by Crippen LogP contribution is 2.32. The molecule has 0 spiro atoms. The third kappa shape index (κ3) is 3.24. The average molecular weight is 318 g/mol. The summed E-state index contributed by atoms with van der Waals surface area (Å²) >= 11 is 18.2. The lowest BCUT2D eigenvalue weighted by molar-refractivity contribution is 0.399. The average Bonchev–Trinajstić information content (AvgIpc) is 2.43. The van der Waals surface area contributed by atoms with E-state index >= 15 is 0 Å². The standard InChI is InChI=1S/C13H11Cl3N2O/c1-19-13-11(3-2-6-17-13)18-7-8-9(14)4-5-10(15)12(8)16/h2-6,18H,7H2,1H3. The molecule has 1 heterocycles. The molecule has 0 fully saturated rings. The molecule has 1 aromatic carbocycles. The van der Waals surface area contributed by atoms with Crippen LogP contribution in [0.2, 0.25) is 15.1 Å². The van der Waals surface area contributed by atoms with Gasteiger partial charge in [0.15, 0.2) is 0 Å². The molecule has 0 bridgehead atoms. The number of aromatic nitrogens is 1. The number of nitrogens with one attached hydrogen (secondary N) is 1. The Kier molecular flexibility index (Phi) is 4.75. The van der Waals surface area contributed by atoms with E-state index in [1.54, 1.807) is 25.4 Å². The summed E-state index contributed by atoms with van der Waals surface area (Å²) in [4.78, 5) is 4.10. The molecule has 0 aliphatic rings. The normalized spacial score (nSPS) is 10.3. The first kappa shape index (κ1) is 14.3. The van der Waals surface area contributed by atoms with Crippen LogP contribution in [0, 0.1) is 0 Å². The highest BCUT2D eigenvalue weighted by molar-refractivity contribution is 6.44. The maximum Gasteiger partial charge on any atom is 0.237 e. The van der Waals surface area contributed by atoms with E-state index in [9.17, 15) is 0 Å². The Balaban J connectivity index is 2.21. The van der Waals surface area contributed by atoms with Crippen LogP contribution in [0.3, 0.4) is 0 Å². The molecule has 0 atom stereocenters. The van der Waals surface area contributed by atoms with E-state index in [1.807, 2.05) is 12.1 Å². The van der Waals surface area contributed by atoms with E-state index in [4.69, 9.17) is 39.5 Å². The van der Waals surface area contributed by atoms with Crippen LogP contribution in [0.15, 0.2) is 30.5 Å². The van der Waals surface area contributed by atoms with Gasteiger partial charge in [-0.05, 0) is 24.3 Å². The number of ether oxygens (including phenoxy) is 1. The van der Waals surface area contributed by atoms with Crippen LogP contribution in [-0.4, -0.2) is 12.1 Å². The fraction of sp³-hybridized carbons (Fsp3) is 0.154. The second kappa shape index (κ2) is 6.33. The first-order valence-electron chi connectivity index (χ1n) is 5.48. The number of hydrogen-bond donors (Lipinski definition) is 1. The van der Waals surface area contributed by atoms with Crippen LogP contribution in [0.5, 0.6) is 5.88 Å². The fourth-order valence-corrected chi connectivity index (χ4v) is 2.28. The number of nitrogens with zero attached hydrogens (tertiary/aromatic N) is 1. The number of anilines is 1. The molecule has 0 saturated carbocycles. The van der Waals surface area contributed by atoms with E-state index in [1.165, 1.54) is 0 Å². The molecule has 1 aromatic heterocycles. The van der Waals surface area contributed by atoms with Gasteiger partial charge >= 0.3 is 0 Å². The predicted molar refractivity (Wildman–Crippen MR) is 79.6 cm³/mol. The van der Waals surface area contributed by atoms with Gasteiger partial charge in [0.1, 0.15) is 0 Å². The molecular formula is C13H11Cl3N2O. The zero-order valence-corrected chi connectivity index (χ0v) is 12.4. The van der Waals surface area contributed by atoms with E-state index in [0.717, 1.165) is 11.3 Å². The highest BCUT2D eigenvalue weighted by atomic mass is 35.5. The van der Waals surface area contributed by atoms with Crippen molar-refractivity contribution in [2.75, 3.05) is 12.4 Å². The van der Waals surface area contributed by atoms with Crippen molar-refractivity contribution in [1.29, 1.82) is 0 Å². The first-order valence-corrected chi connectivity index (χ1v) is 6.62. The molecular weight excluding hydrogens is 307 g/mol. The van der Waals surface area contributed by atoms with E-state index in [2.05, 4.69) is 10.3 Å². The van der Waals surface area contributed by atoms with Gasteiger partial charge in [-0.3, -0.25) is 0 Å². The van der Waals surface area contributed by atoms with Crippen molar-refractivity contribution >= 4 is 40.5 Å². The van der Waals surface area contributed by atoms with Crippen LogP contribution in [0.1, 0.15) is 5.56 Å². The Morgan fingerprint density at radius 3 is 2.63 bits per heavy atom. The van der Waals surface area contributed by atoms with Gasteiger partial charge < -0.3 is 10.1 Å². The Labute approximate surface area is 126 Å². The SMILES string of the molecule is COc1ncccc1NCc1c(Cl)ccc(Cl)c1Cl. The Morgan fingerprint density at radius 2 is 1.89 bits per heavy atom. The van der Waals surface area contributed by atoms with Crippen LogP contribution in [-0.2, 0) is 6.54 Å². The van der Waals surface area contributed by atoms with Crippen LogP contribution in [0.4, 0.5) is 5.69 Å². The van der Waals surface area contributed by atoms with Gasteiger partial charge in [-0.1, -0.05) is 34.8 Å². The highest BCUT2D eigenvalue weighted by Gasteiger charge is 2.10. The number of benzene rings is 1. The van der Waals surface area contributed by atoms with Gasteiger partial charge in [-0.25, -0.2) is 4.98 Å². The number of halogens is 3. The summed E-state index contributed by atoms with van der Waals surface area (Å²) in [5.74, 6) is 0.511. The lowest BCUT2D eigenvalue weighted by atomic mass is 10.2. The van der Waals surface area contributed by atoms with Crippen molar-refractivity contribution in [3.05, 3.63) is 51.1 Å². The monoisotopic (exact) mass is 316 g/mol. The minimum atomic E-state index is 0.431. The van der Waals surface area contributed by atoms with Crippen molar-refractivity contribution in [3.63, 3.8) is 0 Å². The molecule has 0 aliphatic heterocycles. The van der Waals surface area contributed by atoms with Crippen molar-refractivity contribution in [1.82, 2.24) is 4.98 Å². The van der Waals surface area contributed by atoms with Crippen LogP contribution >= 0.6 is 34.8 Å². The molecule has 2 aromatic rings. The van der Waals surface area contributed by atoms with E-state index in [0.29, 0.717) is 27.5 Å². The Morgan fingerprint density at radius 1 is 1.16 bits per heavy atom. The van der Waals surface area contributed by atoms with Gasteiger partial charge in [-0.15, -0.1) is 0 Å². The molecule has 100 valence electrons. The number of hydrogen-bond acceptors (Lipinski definition) is 3. The summed E-state index contributed by atoms with van der Waals surface area (Å²) < 4.78 is 5.15. The summed E-state index contributed by atoms with van der Waals surface area (Å²) in [6.07, 6.45) is 1.66. The summed E-state index contributed by atoms with van der Waals surface area (Å²) in [6, 6.07) is 7.05. The van der Waals surface area contributed by atoms with Crippen molar-refractivity contribution in [2.24, 2.45) is 0 Å². The topological polar surface area (TPSA) is 34.1 Å². The van der Waals surface area contributed by atoms with Gasteiger partial charge in [0, 0.05) is 23.3 Å². The minimum Gasteiger partial charge on any atom is -0.480 e. The first-order chi connectivity index (χ1) is 9.13. The fourth-order valence-electron chi connectivity index (χ4n) is 1.60. The molecule has 19 heavy (non-hydrogen) atoms. The molecule has 3 nitrogen and oxygen atoms in total. The number of methoxy groups -OCH3 is 1.